The predicted octanol–water partition coefficient (Wildman–Crippen LogP) is 3.62. The number of benzene rings is 2. The maximum atomic E-state index is 11.5. The van der Waals surface area contributed by atoms with E-state index in [1.165, 1.54) is 40.9 Å². The summed E-state index contributed by atoms with van der Waals surface area (Å²) < 4.78 is 0.812. The number of nitrogen functional groups attached to an aromatic ring is 1. The Kier molecular flexibility index (Phi) is 14.4. The van der Waals surface area contributed by atoms with Gasteiger partial charge in [-0.2, -0.15) is 0 Å². The number of nitrogens with two attached hydrogens (primary N) is 1. The van der Waals surface area contributed by atoms with Crippen LogP contribution in [0.2, 0.25) is 0 Å². The Bertz CT molecular complexity index is 1200. The molecule has 0 atom stereocenters. The first kappa shape index (κ1) is 32.8. The van der Waals surface area contributed by atoms with Gasteiger partial charge >= 0.3 is 23.9 Å². The van der Waals surface area contributed by atoms with Crippen LogP contribution in [0.1, 0.15) is 20.7 Å². The Hall–Kier alpha value is -3.18. The third kappa shape index (κ3) is 12.4. The normalized spacial score (nSPS) is 11.9. The zero-order chi connectivity index (χ0) is 28.8. The molecule has 0 aromatic heterocycles. The van der Waals surface area contributed by atoms with Crippen molar-refractivity contribution in [3.8, 4) is 0 Å². The maximum absolute atomic E-state index is 11.5. The largest absolute Gasteiger partial charge is 0.481 e. The van der Waals surface area contributed by atoms with Gasteiger partial charge in [-0.05, 0) is 36.4 Å². The van der Waals surface area contributed by atoms with E-state index >= 15 is 0 Å². The quantitative estimate of drug-likeness (QED) is 0.223. The molecule has 38 heavy (non-hydrogen) atoms. The van der Waals surface area contributed by atoms with E-state index in [1.54, 1.807) is 24.3 Å². The van der Waals surface area contributed by atoms with Gasteiger partial charge in [0.1, 0.15) is 7.85 Å². The van der Waals surface area contributed by atoms with Gasteiger partial charge in [-0.15, -0.1) is 0 Å². The van der Waals surface area contributed by atoms with Crippen molar-refractivity contribution in [2.45, 2.75) is 0 Å². The minimum Gasteiger partial charge on any atom is -0.481 e. The lowest BCUT2D eigenvalue weighted by Crippen LogP contribution is -2.28. The molecule has 1 fully saturated rings. The summed E-state index contributed by atoms with van der Waals surface area (Å²) in [6, 6.07) is 12.4. The lowest BCUT2D eigenvalue weighted by molar-refractivity contribution is -0.134. The zero-order valence-corrected chi connectivity index (χ0v) is 23.2. The Morgan fingerprint density at radius 2 is 1.39 bits per heavy atom. The number of thiocarbonyl (C=S) groups is 2. The number of hydrogen-bond acceptors (Lipinski definition) is 11. The van der Waals surface area contributed by atoms with E-state index in [9.17, 15) is 24.0 Å². The van der Waals surface area contributed by atoms with E-state index in [4.69, 9.17) is 50.6 Å². The van der Waals surface area contributed by atoms with E-state index in [1.807, 2.05) is 0 Å². The summed E-state index contributed by atoms with van der Waals surface area (Å²) in [5.74, 6) is -3.93. The molecule has 0 radical (unpaired) electrons. The van der Waals surface area contributed by atoms with Gasteiger partial charge in [0.25, 0.3) is 0 Å². The van der Waals surface area contributed by atoms with E-state index in [0.717, 1.165) is 23.5 Å². The van der Waals surface area contributed by atoms with Crippen LogP contribution in [0.4, 0.5) is 11.4 Å². The molecule has 0 bridgehead atoms. The molecule has 0 saturated carbocycles. The highest BCUT2D eigenvalue weighted by molar-refractivity contribution is 8.47. The highest BCUT2D eigenvalue weighted by Crippen LogP contribution is 2.27. The van der Waals surface area contributed by atoms with E-state index in [2.05, 4.69) is 0 Å². The summed E-state index contributed by atoms with van der Waals surface area (Å²) in [6.45, 7) is 0. The molecule has 1 amide bonds. The summed E-state index contributed by atoms with van der Waals surface area (Å²) in [5.41, 5.74) is 6.68. The standard InChI is InChI=1S/C10H7NO3S2.C7H7NO2.C5H6O4S3/c12-8-5-16-10(15)11(8)7-3-1-2-6(4-7)9(13)14;8-6-3-1-2-5(4-6)7(9)10;6-3(7)1-11-5(10)12-2-4(8)9/h1-4H,5H2,(H,13,14);1-4H,8H2,(H,9,10);1-2H2,(H,6,7)(H,8,9). The van der Waals surface area contributed by atoms with Crippen LogP contribution in [0.15, 0.2) is 48.5 Å². The molecule has 6 N–H and O–H groups in total. The Morgan fingerprint density at radius 1 is 0.895 bits per heavy atom. The predicted molar refractivity (Wildman–Crippen MR) is 157 cm³/mol. The average Bonchev–Trinajstić information content (AvgIpc) is 3.20. The number of hydrogen-bond donors (Lipinski definition) is 5. The second-order valence-corrected chi connectivity index (χ2v) is 11.4. The molecule has 202 valence electrons. The van der Waals surface area contributed by atoms with E-state index in [0.29, 0.717) is 25.0 Å². The second-order valence-electron chi connectivity index (χ2n) is 6.68. The van der Waals surface area contributed by atoms with Crippen LogP contribution in [0.3, 0.4) is 0 Å². The molecule has 16 heteroatoms. The Labute approximate surface area is 239 Å². The number of thioether (sulfide) groups is 3. The van der Waals surface area contributed by atoms with Crippen molar-refractivity contribution in [2.75, 3.05) is 27.9 Å². The van der Waals surface area contributed by atoms with Crippen LogP contribution in [0, 0.1) is 0 Å². The van der Waals surface area contributed by atoms with Gasteiger partial charge in [-0.3, -0.25) is 19.3 Å². The molecule has 2 aromatic rings. The summed E-state index contributed by atoms with van der Waals surface area (Å²) in [7, 11) is 0. The third-order valence-corrected chi connectivity index (χ3v) is 7.89. The lowest BCUT2D eigenvalue weighted by atomic mass is 10.2. The van der Waals surface area contributed by atoms with Gasteiger partial charge in [0.05, 0.1) is 34.1 Å². The number of nitrogens with zero attached hydrogens (tertiary/aromatic N) is 1. The van der Waals surface area contributed by atoms with E-state index in [-0.39, 0.29) is 28.5 Å². The van der Waals surface area contributed by atoms with Crippen molar-refractivity contribution < 1.29 is 44.4 Å². The smallest absolute Gasteiger partial charge is 0.335 e. The molecule has 0 unspecified atom stereocenters. The number of carbonyl (C=O) groups is 5. The molecular weight excluding hydrogens is 597 g/mol. The van der Waals surface area contributed by atoms with Crippen LogP contribution in [-0.2, 0) is 14.4 Å². The van der Waals surface area contributed by atoms with Crippen molar-refractivity contribution >= 4 is 109 Å². The fraction of sp³-hybridized carbons (Fsp3) is 0.136. The monoisotopic (exact) mass is 616 g/mol. The molecule has 1 saturated heterocycles. The van der Waals surface area contributed by atoms with Crippen LogP contribution in [0.5, 0.6) is 0 Å². The van der Waals surface area contributed by atoms with Crippen LogP contribution < -0.4 is 10.6 Å². The fourth-order valence-electron chi connectivity index (χ4n) is 2.34. The molecule has 1 aliphatic heterocycles. The molecule has 1 aliphatic rings. The number of carbonyl (C=O) groups excluding carboxylic acids is 1. The number of anilines is 2. The number of aliphatic carboxylic acids is 2. The molecule has 1 heterocycles. The van der Waals surface area contributed by atoms with Gasteiger partial charge < -0.3 is 26.2 Å². The molecule has 0 spiro atoms. The van der Waals surface area contributed by atoms with Gasteiger partial charge in [0, 0.05) is 5.69 Å². The lowest BCUT2D eigenvalue weighted by Gasteiger charge is -2.15. The highest BCUT2D eigenvalue weighted by atomic mass is 32.2. The molecule has 3 rings (SSSR count). The van der Waals surface area contributed by atoms with Crippen molar-refractivity contribution in [1.82, 2.24) is 0 Å². The number of aromatic carboxylic acids is 2. The second kappa shape index (κ2) is 16.6. The van der Waals surface area contributed by atoms with Crippen molar-refractivity contribution in [1.29, 1.82) is 0 Å². The Morgan fingerprint density at radius 3 is 1.79 bits per heavy atom. The van der Waals surface area contributed by atoms with Gasteiger partial charge in [0.2, 0.25) is 5.91 Å². The van der Waals surface area contributed by atoms with Gasteiger partial charge in [0.15, 0.2) is 0 Å². The van der Waals surface area contributed by atoms with E-state index < -0.39 is 23.9 Å². The maximum Gasteiger partial charge on any atom is 0.335 e. The van der Waals surface area contributed by atoms with Crippen LogP contribution >= 0.6 is 59.7 Å². The topological polar surface area (TPSA) is 196 Å². The first-order valence-corrected chi connectivity index (χ1v) is 13.7. The molecule has 0 aliphatic carbocycles. The number of rotatable bonds is 7. The average molecular weight is 617 g/mol. The summed E-state index contributed by atoms with van der Waals surface area (Å²) >= 11 is 12.9. The zero-order valence-electron chi connectivity index (χ0n) is 19.1. The van der Waals surface area contributed by atoms with Crippen molar-refractivity contribution in [3.05, 3.63) is 59.7 Å². The highest BCUT2D eigenvalue weighted by Gasteiger charge is 2.28. The SMILES string of the molecule is Nc1cccc(C(=O)O)c1.O=C(O)CSC(=S)SCC(=O)O.O=C(O)c1cccc(N2C(=O)CSC2=S)c1. The summed E-state index contributed by atoms with van der Waals surface area (Å²) in [5, 5.41) is 33.8. The van der Waals surface area contributed by atoms with Crippen LogP contribution in [-0.4, -0.2) is 75.3 Å². The van der Waals surface area contributed by atoms with Gasteiger partial charge in [-0.25, -0.2) is 9.59 Å². The van der Waals surface area contributed by atoms with Crippen molar-refractivity contribution in [2.24, 2.45) is 0 Å². The minimum atomic E-state index is -1.02. The molecule has 2 aromatic carbocycles. The first-order valence-electron chi connectivity index (χ1n) is 9.96. The fourth-order valence-corrected chi connectivity index (χ4v) is 4.96. The number of carboxylic acids is 4. The molecule has 11 nitrogen and oxygen atoms in total. The van der Waals surface area contributed by atoms with Gasteiger partial charge in [-0.1, -0.05) is 71.9 Å². The molecular formula is C22H20N2O9S5. The minimum absolute atomic E-state index is 0.113. The first-order chi connectivity index (χ1) is 17.8. The Balaban J connectivity index is 0.000000295. The number of carboxylic acid groups (broad SMARTS) is 4. The van der Waals surface area contributed by atoms with Crippen molar-refractivity contribution in [3.63, 3.8) is 0 Å². The third-order valence-electron chi connectivity index (χ3n) is 3.86. The number of amides is 1. The summed E-state index contributed by atoms with van der Waals surface area (Å²) in [4.78, 5) is 54.1. The summed E-state index contributed by atoms with van der Waals surface area (Å²) in [6.07, 6.45) is 0. The van der Waals surface area contributed by atoms with Crippen LogP contribution in [0.25, 0.3) is 0 Å².